The Labute approximate surface area is 126 Å². The maximum Gasteiger partial charge on any atom is 0.260 e. The number of hydrogen-bond donors (Lipinski definition) is 1. The summed E-state index contributed by atoms with van der Waals surface area (Å²) in [6, 6.07) is 0. The summed E-state index contributed by atoms with van der Waals surface area (Å²) in [6.07, 6.45) is 0.115. The van der Waals surface area contributed by atoms with E-state index in [0.717, 1.165) is 4.68 Å². The highest BCUT2D eigenvalue weighted by Gasteiger charge is 2.23. The van der Waals surface area contributed by atoms with Crippen molar-refractivity contribution in [2.24, 2.45) is 7.05 Å². The number of carbonyl (C=O) groups is 1. The maximum absolute atomic E-state index is 12.1. The van der Waals surface area contributed by atoms with E-state index in [1.807, 2.05) is 13.8 Å². The van der Waals surface area contributed by atoms with E-state index in [4.69, 9.17) is 0 Å². The Morgan fingerprint density at radius 2 is 2.00 bits per heavy atom. The molecule has 1 heterocycles. The first kappa shape index (κ1) is 17.1. The summed E-state index contributed by atoms with van der Waals surface area (Å²) >= 11 is 3.03. The lowest BCUT2D eigenvalue weighted by Crippen LogP contribution is -2.34. The van der Waals surface area contributed by atoms with Gasteiger partial charge in [0, 0.05) is 33.1 Å². The molecule has 10 heteroatoms. The lowest BCUT2D eigenvalue weighted by Gasteiger charge is -2.18. The lowest BCUT2D eigenvalue weighted by molar-refractivity contribution is -0.130. The number of rotatable bonds is 7. The molecule has 0 aliphatic heterocycles. The number of hydrogen-bond acceptors (Lipinski definition) is 5. The molecule has 0 aliphatic carbocycles. The molecule has 8 nitrogen and oxygen atoms in total. The van der Waals surface area contributed by atoms with E-state index in [9.17, 15) is 13.2 Å². The first-order valence-electron chi connectivity index (χ1n) is 6.16. The van der Waals surface area contributed by atoms with Crippen LogP contribution in [0, 0.1) is 0 Å². The molecule has 0 fully saturated rings. The number of sulfonamides is 1. The van der Waals surface area contributed by atoms with Gasteiger partial charge in [0.25, 0.3) is 10.0 Å². The number of aryl methyl sites for hydroxylation is 1. The Balaban J connectivity index is 2.64. The molecule has 1 amide bonds. The maximum atomic E-state index is 12.1. The highest BCUT2D eigenvalue weighted by atomic mass is 79.9. The number of nitrogens with zero attached hydrogens (tertiary/aromatic N) is 4. The molecule has 0 saturated heterocycles. The predicted octanol–water partition coefficient (Wildman–Crippen LogP) is 0.114. The van der Waals surface area contributed by atoms with E-state index in [2.05, 4.69) is 31.0 Å². The second kappa shape index (κ2) is 7.14. The fourth-order valence-corrected chi connectivity index (χ4v) is 3.82. The van der Waals surface area contributed by atoms with Crippen LogP contribution in [0.25, 0.3) is 0 Å². The summed E-state index contributed by atoms with van der Waals surface area (Å²) in [7, 11) is -2.26. The summed E-state index contributed by atoms with van der Waals surface area (Å²) < 4.78 is 27.8. The number of nitrogens with one attached hydrogen (secondary N) is 1. The fraction of sp³-hybridized carbons (Fsp3) is 0.700. The predicted molar refractivity (Wildman–Crippen MR) is 76.4 cm³/mol. The van der Waals surface area contributed by atoms with E-state index in [0.29, 0.717) is 13.1 Å². The van der Waals surface area contributed by atoms with Crippen LogP contribution in [-0.2, 0) is 21.9 Å². The molecule has 0 aliphatic rings. The minimum atomic E-state index is -3.74. The van der Waals surface area contributed by atoms with Crippen LogP contribution in [0.2, 0.25) is 0 Å². The van der Waals surface area contributed by atoms with E-state index in [-0.39, 0.29) is 28.5 Å². The molecule has 114 valence electrons. The first-order valence-corrected chi connectivity index (χ1v) is 8.43. The molecule has 0 aromatic carbocycles. The van der Waals surface area contributed by atoms with E-state index in [1.165, 1.54) is 7.05 Å². The van der Waals surface area contributed by atoms with Gasteiger partial charge in [-0.15, -0.1) is 5.10 Å². The van der Waals surface area contributed by atoms with Gasteiger partial charge in [0.15, 0.2) is 4.60 Å². The second-order valence-corrected chi connectivity index (χ2v) is 6.46. The highest BCUT2D eigenvalue weighted by molar-refractivity contribution is 9.10. The SMILES string of the molecule is CCN(CC)C(=O)CCNS(=O)(=O)c1c(Br)nnn1C. The number of carbonyl (C=O) groups excluding carboxylic acids is 1. The molecule has 1 aromatic rings. The number of aromatic nitrogens is 3. The summed E-state index contributed by atoms with van der Waals surface area (Å²) in [5, 5.41) is 7.16. The summed E-state index contributed by atoms with van der Waals surface area (Å²) in [5.74, 6) is -0.0834. The van der Waals surface area contributed by atoms with Crippen LogP contribution in [0.15, 0.2) is 9.63 Å². The lowest BCUT2D eigenvalue weighted by atomic mass is 10.3. The molecule has 1 rings (SSSR count). The van der Waals surface area contributed by atoms with E-state index in [1.54, 1.807) is 4.90 Å². The van der Waals surface area contributed by atoms with Crippen molar-refractivity contribution in [1.29, 1.82) is 0 Å². The number of halogens is 1. The molecule has 0 spiro atoms. The fourth-order valence-electron chi connectivity index (χ4n) is 1.70. The van der Waals surface area contributed by atoms with Gasteiger partial charge in [-0.1, -0.05) is 5.21 Å². The Bertz CT molecular complexity index is 548. The molecular formula is C10H18BrN5O3S. The minimum absolute atomic E-state index is 0.0370. The zero-order valence-electron chi connectivity index (χ0n) is 11.6. The van der Waals surface area contributed by atoms with Crippen LogP contribution in [0.1, 0.15) is 20.3 Å². The van der Waals surface area contributed by atoms with E-state index >= 15 is 0 Å². The highest BCUT2D eigenvalue weighted by Crippen LogP contribution is 2.17. The third-order valence-electron chi connectivity index (χ3n) is 2.74. The van der Waals surface area contributed by atoms with Gasteiger partial charge in [-0.3, -0.25) is 4.79 Å². The molecular weight excluding hydrogens is 350 g/mol. The van der Waals surface area contributed by atoms with Gasteiger partial charge in [0.05, 0.1) is 0 Å². The van der Waals surface area contributed by atoms with E-state index < -0.39 is 10.0 Å². The van der Waals surface area contributed by atoms with Crippen molar-refractivity contribution in [2.45, 2.75) is 25.3 Å². The molecule has 20 heavy (non-hydrogen) atoms. The third-order valence-corrected chi connectivity index (χ3v) is 5.09. The van der Waals surface area contributed by atoms with Gasteiger partial charge in [-0.2, -0.15) is 0 Å². The average Bonchev–Trinajstić information content (AvgIpc) is 2.70. The van der Waals surface area contributed by atoms with Crippen LogP contribution in [0.4, 0.5) is 0 Å². The molecule has 0 unspecified atom stereocenters. The molecule has 1 N–H and O–H groups in total. The zero-order valence-corrected chi connectivity index (χ0v) is 14.0. The van der Waals surface area contributed by atoms with Gasteiger partial charge >= 0.3 is 0 Å². The van der Waals surface area contributed by atoms with Gasteiger partial charge in [-0.05, 0) is 29.8 Å². The van der Waals surface area contributed by atoms with Crippen molar-refractivity contribution < 1.29 is 13.2 Å². The van der Waals surface area contributed by atoms with Crippen LogP contribution in [-0.4, -0.2) is 53.9 Å². The average molecular weight is 368 g/mol. The Morgan fingerprint density at radius 1 is 1.40 bits per heavy atom. The monoisotopic (exact) mass is 367 g/mol. The normalized spacial score (nSPS) is 11.6. The summed E-state index contributed by atoms with van der Waals surface area (Å²) in [5.41, 5.74) is 0. The van der Waals surface area contributed by atoms with Crippen molar-refractivity contribution >= 4 is 31.9 Å². The molecule has 1 aromatic heterocycles. The Morgan fingerprint density at radius 3 is 2.45 bits per heavy atom. The van der Waals surface area contributed by atoms with Crippen molar-refractivity contribution in [3.8, 4) is 0 Å². The molecule has 0 atom stereocenters. The first-order chi connectivity index (χ1) is 9.33. The van der Waals surface area contributed by atoms with Gasteiger partial charge in [0.1, 0.15) is 0 Å². The van der Waals surface area contributed by atoms with Gasteiger partial charge < -0.3 is 4.90 Å². The molecule has 0 saturated carbocycles. The minimum Gasteiger partial charge on any atom is -0.343 e. The van der Waals surface area contributed by atoms with Crippen molar-refractivity contribution in [2.75, 3.05) is 19.6 Å². The van der Waals surface area contributed by atoms with Crippen LogP contribution in [0.3, 0.4) is 0 Å². The molecule has 0 radical (unpaired) electrons. The Kier molecular flexibility index (Phi) is 6.08. The molecule has 0 bridgehead atoms. The Hall–Kier alpha value is -1.00. The largest absolute Gasteiger partial charge is 0.343 e. The van der Waals surface area contributed by atoms with Crippen molar-refractivity contribution in [3.05, 3.63) is 4.60 Å². The third kappa shape index (κ3) is 4.00. The topological polar surface area (TPSA) is 97.2 Å². The van der Waals surface area contributed by atoms with Crippen LogP contribution >= 0.6 is 15.9 Å². The summed E-state index contributed by atoms with van der Waals surface area (Å²) in [6.45, 7) is 5.02. The summed E-state index contributed by atoms with van der Waals surface area (Å²) in [4.78, 5) is 13.4. The number of amides is 1. The van der Waals surface area contributed by atoms with Crippen LogP contribution in [0.5, 0.6) is 0 Å². The van der Waals surface area contributed by atoms with Crippen molar-refractivity contribution in [1.82, 2.24) is 24.6 Å². The quantitative estimate of drug-likeness (QED) is 0.737. The van der Waals surface area contributed by atoms with Crippen LogP contribution < -0.4 is 4.72 Å². The van der Waals surface area contributed by atoms with Gasteiger partial charge in [0.2, 0.25) is 10.9 Å². The zero-order chi connectivity index (χ0) is 15.3. The van der Waals surface area contributed by atoms with Gasteiger partial charge in [-0.25, -0.2) is 17.8 Å². The smallest absolute Gasteiger partial charge is 0.260 e. The standard InChI is InChI=1S/C10H18BrN5O3S/c1-4-16(5-2)8(17)6-7-12-20(18,19)10-9(11)13-14-15(10)3/h12H,4-7H2,1-3H3. The van der Waals surface area contributed by atoms with Crippen molar-refractivity contribution in [3.63, 3.8) is 0 Å². The second-order valence-electron chi connectivity index (χ2n) is 4.02.